The quantitative estimate of drug-likeness (QED) is 0.850. The molecule has 96 valence electrons. The van der Waals surface area contributed by atoms with Gasteiger partial charge in [-0.2, -0.15) is 0 Å². The van der Waals surface area contributed by atoms with Crippen LogP contribution in [-0.4, -0.2) is 12.3 Å². The Bertz CT molecular complexity index is 619. The van der Waals surface area contributed by atoms with Gasteiger partial charge in [-0.25, -0.2) is 0 Å². The van der Waals surface area contributed by atoms with Crippen LogP contribution in [0.25, 0.3) is 0 Å². The molecule has 3 heteroatoms. The van der Waals surface area contributed by atoms with Crippen LogP contribution >= 0.6 is 11.6 Å². The summed E-state index contributed by atoms with van der Waals surface area (Å²) in [6.07, 6.45) is 0.908. The third-order valence-electron chi connectivity index (χ3n) is 3.49. The highest BCUT2D eigenvalue weighted by molar-refractivity contribution is 6.30. The normalized spacial score (nSPS) is 13.9. The van der Waals surface area contributed by atoms with Crippen LogP contribution < -0.4 is 5.32 Å². The van der Waals surface area contributed by atoms with Crippen LogP contribution in [0.2, 0.25) is 5.02 Å². The Balaban J connectivity index is 2.02. The summed E-state index contributed by atoms with van der Waals surface area (Å²) in [7, 11) is 0. The maximum Gasteiger partial charge on any atom is 0.193 e. The second kappa shape index (κ2) is 5.16. The zero-order chi connectivity index (χ0) is 13.2. The fourth-order valence-electron chi connectivity index (χ4n) is 2.50. The van der Waals surface area contributed by atoms with E-state index in [4.69, 9.17) is 11.6 Å². The molecule has 0 radical (unpaired) electrons. The third-order valence-corrected chi connectivity index (χ3v) is 3.74. The lowest BCUT2D eigenvalue weighted by Crippen LogP contribution is -2.25. The maximum absolute atomic E-state index is 12.6. The molecule has 1 heterocycles. The van der Waals surface area contributed by atoms with E-state index in [2.05, 4.69) is 11.4 Å². The SMILES string of the molecule is O=C(c1ccc(Cl)cc1)c1cccc2c1CCNC2. The first kappa shape index (κ1) is 12.4. The maximum atomic E-state index is 12.6. The topological polar surface area (TPSA) is 29.1 Å². The molecule has 3 rings (SSSR count). The van der Waals surface area contributed by atoms with Gasteiger partial charge in [0.15, 0.2) is 5.78 Å². The second-order valence-electron chi connectivity index (χ2n) is 4.71. The van der Waals surface area contributed by atoms with Gasteiger partial charge >= 0.3 is 0 Å². The molecule has 0 spiro atoms. The summed E-state index contributed by atoms with van der Waals surface area (Å²) in [6.45, 7) is 1.77. The van der Waals surface area contributed by atoms with Gasteiger partial charge < -0.3 is 5.32 Å². The molecule has 1 N–H and O–H groups in total. The number of rotatable bonds is 2. The Hall–Kier alpha value is -1.64. The Morgan fingerprint density at radius 2 is 1.89 bits per heavy atom. The standard InChI is InChI=1S/C16H14ClNO/c17-13-6-4-11(5-7-13)16(19)15-3-1-2-12-10-18-9-8-14(12)15/h1-7,18H,8-10H2. The number of fused-ring (bicyclic) bond motifs is 1. The van der Waals surface area contributed by atoms with Gasteiger partial charge in [0.05, 0.1) is 0 Å². The summed E-state index contributed by atoms with van der Waals surface area (Å²) in [5.74, 6) is 0.0791. The van der Waals surface area contributed by atoms with Crippen molar-refractivity contribution >= 4 is 17.4 Å². The number of hydrogen-bond donors (Lipinski definition) is 1. The highest BCUT2D eigenvalue weighted by Gasteiger charge is 2.18. The van der Waals surface area contributed by atoms with Crippen molar-refractivity contribution in [3.8, 4) is 0 Å². The molecule has 2 aromatic rings. The van der Waals surface area contributed by atoms with E-state index < -0.39 is 0 Å². The van der Waals surface area contributed by atoms with Crippen molar-refractivity contribution in [1.82, 2.24) is 5.32 Å². The van der Waals surface area contributed by atoms with Gasteiger partial charge in [-0.3, -0.25) is 4.79 Å². The molecular weight excluding hydrogens is 258 g/mol. The molecule has 2 aromatic carbocycles. The number of nitrogens with one attached hydrogen (secondary N) is 1. The van der Waals surface area contributed by atoms with Crippen molar-refractivity contribution in [2.24, 2.45) is 0 Å². The van der Waals surface area contributed by atoms with Crippen LogP contribution in [0.5, 0.6) is 0 Å². The highest BCUT2D eigenvalue weighted by Crippen LogP contribution is 2.22. The van der Waals surface area contributed by atoms with E-state index in [0.717, 1.165) is 25.1 Å². The summed E-state index contributed by atoms with van der Waals surface area (Å²) < 4.78 is 0. The van der Waals surface area contributed by atoms with Crippen LogP contribution in [0.1, 0.15) is 27.0 Å². The molecule has 0 saturated heterocycles. The molecule has 19 heavy (non-hydrogen) atoms. The molecule has 0 saturated carbocycles. The number of benzene rings is 2. The molecule has 1 aliphatic rings. The van der Waals surface area contributed by atoms with Gasteiger partial charge in [0, 0.05) is 22.7 Å². The fraction of sp³-hybridized carbons (Fsp3) is 0.188. The third kappa shape index (κ3) is 2.42. The van der Waals surface area contributed by atoms with Gasteiger partial charge in [-0.15, -0.1) is 0 Å². The fourth-order valence-corrected chi connectivity index (χ4v) is 2.63. The molecule has 1 aliphatic heterocycles. The zero-order valence-corrected chi connectivity index (χ0v) is 11.2. The number of carbonyl (C=O) groups excluding carboxylic acids is 1. The molecule has 0 aromatic heterocycles. The molecule has 0 amide bonds. The Morgan fingerprint density at radius 1 is 1.11 bits per heavy atom. The van der Waals surface area contributed by atoms with Crippen molar-refractivity contribution < 1.29 is 4.79 Å². The van der Waals surface area contributed by atoms with E-state index >= 15 is 0 Å². The van der Waals surface area contributed by atoms with Crippen molar-refractivity contribution in [3.63, 3.8) is 0 Å². The Morgan fingerprint density at radius 3 is 2.68 bits per heavy atom. The van der Waals surface area contributed by atoms with E-state index in [1.807, 2.05) is 12.1 Å². The van der Waals surface area contributed by atoms with Crippen LogP contribution in [0, 0.1) is 0 Å². The average molecular weight is 272 g/mol. The summed E-state index contributed by atoms with van der Waals surface area (Å²) in [6, 6.07) is 13.0. The molecule has 0 bridgehead atoms. The second-order valence-corrected chi connectivity index (χ2v) is 5.14. The smallest absolute Gasteiger partial charge is 0.193 e. The summed E-state index contributed by atoms with van der Waals surface area (Å²) >= 11 is 5.86. The van der Waals surface area contributed by atoms with E-state index in [0.29, 0.717) is 10.6 Å². The first-order valence-corrected chi connectivity index (χ1v) is 6.75. The molecule has 0 aliphatic carbocycles. The number of ketones is 1. The minimum atomic E-state index is 0.0791. The van der Waals surface area contributed by atoms with Crippen molar-refractivity contribution in [2.75, 3.05) is 6.54 Å². The largest absolute Gasteiger partial charge is 0.312 e. The first-order chi connectivity index (χ1) is 9.25. The van der Waals surface area contributed by atoms with Crippen molar-refractivity contribution in [1.29, 1.82) is 0 Å². The van der Waals surface area contributed by atoms with Crippen molar-refractivity contribution in [2.45, 2.75) is 13.0 Å². The van der Waals surface area contributed by atoms with Gasteiger partial charge in [0.25, 0.3) is 0 Å². The summed E-state index contributed by atoms with van der Waals surface area (Å²) in [5.41, 5.74) is 3.92. The number of hydrogen-bond acceptors (Lipinski definition) is 2. The summed E-state index contributed by atoms with van der Waals surface area (Å²) in [4.78, 5) is 12.6. The van der Waals surface area contributed by atoms with E-state index in [1.165, 1.54) is 11.1 Å². The molecular formula is C16H14ClNO. The molecule has 2 nitrogen and oxygen atoms in total. The van der Waals surface area contributed by atoms with Gasteiger partial charge in [-0.05, 0) is 48.4 Å². The predicted molar refractivity (Wildman–Crippen MR) is 76.7 cm³/mol. The van der Waals surface area contributed by atoms with Gasteiger partial charge in [0.2, 0.25) is 0 Å². The van der Waals surface area contributed by atoms with Gasteiger partial charge in [-0.1, -0.05) is 29.8 Å². The van der Waals surface area contributed by atoms with Gasteiger partial charge in [0.1, 0.15) is 0 Å². The molecule has 0 unspecified atom stereocenters. The van der Waals surface area contributed by atoms with Crippen LogP contribution in [0.3, 0.4) is 0 Å². The van der Waals surface area contributed by atoms with Crippen LogP contribution in [-0.2, 0) is 13.0 Å². The van der Waals surface area contributed by atoms with Crippen LogP contribution in [0.4, 0.5) is 0 Å². The first-order valence-electron chi connectivity index (χ1n) is 6.37. The van der Waals surface area contributed by atoms with E-state index in [9.17, 15) is 4.79 Å². The average Bonchev–Trinajstić information content (AvgIpc) is 2.47. The highest BCUT2D eigenvalue weighted by atomic mass is 35.5. The monoisotopic (exact) mass is 271 g/mol. The predicted octanol–water partition coefficient (Wildman–Crippen LogP) is 3.22. The lowest BCUT2D eigenvalue weighted by molar-refractivity contribution is 0.103. The number of halogens is 1. The Kier molecular flexibility index (Phi) is 3.36. The minimum Gasteiger partial charge on any atom is -0.312 e. The summed E-state index contributed by atoms with van der Waals surface area (Å²) in [5, 5.41) is 3.97. The lowest BCUT2D eigenvalue weighted by atomic mass is 9.91. The Labute approximate surface area is 117 Å². The molecule has 0 fully saturated rings. The minimum absolute atomic E-state index is 0.0791. The lowest BCUT2D eigenvalue weighted by Gasteiger charge is -2.19. The number of carbonyl (C=O) groups is 1. The molecule has 0 atom stereocenters. The van der Waals surface area contributed by atoms with E-state index in [-0.39, 0.29) is 5.78 Å². The zero-order valence-electron chi connectivity index (χ0n) is 10.4. The van der Waals surface area contributed by atoms with Crippen molar-refractivity contribution in [3.05, 3.63) is 69.7 Å². The van der Waals surface area contributed by atoms with E-state index in [1.54, 1.807) is 24.3 Å². The van der Waals surface area contributed by atoms with Crippen LogP contribution in [0.15, 0.2) is 42.5 Å².